The Kier molecular flexibility index (Phi) is 3.78. The smallest absolute Gasteiger partial charge is 0.263 e. The Hall–Kier alpha value is -2.41. The molecule has 0 atom stereocenters. The van der Waals surface area contributed by atoms with Crippen LogP contribution in [0.1, 0.15) is 30.7 Å². The minimum absolute atomic E-state index is 0.0588. The normalized spacial score (nSPS) is 9.94. The van der Waals surface area contributed by atoms with Crippen LogP contribution in [0.5, 0.6) is 0 Å². The number of hydrogen-bond acceptors (Lipinski definition) is 5. The lowest BCUT2D eigenvalue weighted by atomic mass is 10.1. The zero-order valence-electron chi connectivity index (χ0n) is 9.54. The summed E-state index contributed by atoms with van der Waals surface area (Å²) in [5, 5.41) is 32.6. The van der Waals surface area contributed by atoms with Crippen molar-refractivity contribution in [3.8, 4) is 12.1 Å². The van der Waals surface area contributed by atoms with Crippen LogP contribution in [0.25, 0.3) is 0 Å². The van der Waals surface area contributed by atoms with E-state index in [4.69, 9.17) is 10.5 Å². The van der Waals surface area contributed by atoms with Crippen LogP contribution in [0.15, 0.2) is 0 Å². The summed E-state index contributed by atoms with van der Waals surface area (Å²) in [6, 6.07) is 3.47. The van der Waals surface area contributed by atoms with Gasteiger partial charge in [-0.15, -0.1) is 0 Å². The molecule has 0 radical (unpaired) electrons. The van der Waals surface area contributed by atoms with Crippen LogP contribution >= 0.6 is 0 Å². The third kappa shape index (κ3) is 2.23. The summed E-state index contributed by atoms with van der Waals surface area (Å²) >= 11 is 0. The summed E-state index contributed by atoms with van der Waals surface area (Å²) in [7, 11) is 1.50. The molecule has 0 fully saturated rings. The molecule has 0 aliphatic carbocycles. The highest BCUT2D eigenvalue weighted by Crippen LogP contribution is 2.29. The number of aromatic nitrogens is 2. The van der Waals surface area contributed by atoms with Crippen LogP contribution in [-0.2, 0) is 13.5 Å². The standard InChI is InChI=1S/C10H11N5O2/c1-3-4-8-10(15(16)17)9(14(2)13-8)7(5-11)6-12/h7H,3-4H2,1-2H3. The highest BCUT2D eigenvalue weighted by molar-refractivity contribution is 5.47. The Morgan fingerprint density at radius 1 is 1.53 bits per heavy atom. The number of hydrogen-bond donors (Lipinski definition) is 0. The number of rotatable bonds is 4. The maximum Gasteiger partial charge on any atom is 0.315 e. The van der Waals surface area contributed by atoms with E-state index in [1.54, 1.807) is 12.1 Å². The van der Waals surface area contributed by atoms with E-state index in [0.29, 0.717) is 18.5 Å². The summed E-state index contributed by atoms with van der Waals surface area (Å²) in [5.74, 6) is -1.17. The summed E-state index contributed by atoms with van der Waals surface area (Å²) in [6.45, 7) is 1.88. The van der Waals surface area contributed by atoms with Crippen molar-refractivity contribution in [3.63, 3.8) is 0 Å². The van der Waals surface area contributed by atoms with Gasteiger partial charge in [-0.2, -0.15) is 15.6 Å². The molecule has 0 amide bonds. The number of aryl methyl sites for hydroxylation is 2. The second kappa shape index (κ2) is 5.08. The highest BCUT2D eigenvalue weighted by atomic mass is 16.6. The van der Waals surface area contributed by atoms with Crippen molar-refractivity contribution in [2.24, 2.45) is 7.05 Å². The minimum Gasteiger partial charge on any atom is -0.263 e. The molecule has 1 aromatic rings. The van der Waals surface area contributed by atoms with Crippen molar-refractivity contribution >= 4 is 5.69 Å². The van der Waals surface area contributed by atoms with Crippen molar-refractivity contribution < 1.29 is 4.92 Å². The molecule has 7 heteroatoms. The zero-order valence-corrected chi connectivity index (χ0v) is 9.54. The molecule has 88 valence electrons. The van der Waals surface area contributed by atoms with Crippen LogP contribution in [0, 0.1) is 32.8 Å². The van der Waals surface area contributed by atoms with Gasteiger partial charge in [0.1, 0.15) is 11.4 Å². The van der Waals surface area contributed by atoms with Crippen molar-refractivity contribution in [2.75, 3.05) is 0 Å². The van der Waals surface area contributed by atoms with E-state index in [2.05, 4.69) is 5.10 Å². The number of nitrogens with zero attached hydrogens (tertiary/aromatic N) is 5. The second-order valence-corrected chi connectivity index (χ2v) is 3.50. The molecule has 0 aliphatic heterocycles. The van der Waals surface area contributed by atoms with Crippen LogP contribution in [0.4, 0.5) is 5.69 Å². The van der Waals surface area contributed by atoms with Gasteiger partial charge in [-0.1, -0.05) is 13.3 Å². The second-order valence-electron chi connectivity index (χ2n) is 3.50. The summed E-state index contributed by atoms with van der Waals surface area (Å²) in [5.41, 5.74) is 0.177. The van der Waals surface area contributed by atoms with E-state index in [1.165, 1.54) is 11.7 Å². The van der Waals surface area contributed by atoms with E-state index >= 15 is 0 Å². The van der Waals surface area contributed by atoms with Gasteiger partial charge in [0, 0.05) is 7.05 Å². The fraction of sp³-hybridized carbons (Fsp3) is 0.500. The van der Waals surface area contributed by atoms with Crippen LogP contribution in [-0.4, -0.2) is 14.7 Å². The fourth-order valence-electron chi connectivity index (χ4n) is 1.66. The first-order valence-corrected chi connectivity index (χ1v) is 5.06. The predicted molar refractivity (Wildman–Crippen MR) is 57.8 cm³/mol. The first kappa shape index (κ1) is 12.7. The lowest BCUT2D eigenvalue weighted by Crippen LogP contribution is -2.04. The van der Waals surface area contributed by atoms with Crippen molar-refractivity contribution in [3.05, 3.63) is 21.5 Å². The van der Waals surface area contributed by atoms with Gasteiger partial charge < -0.3 is 0 Å². The molecule has 1 heterocycles. The fourth-order valence-corrected chi connectivity index (χ4v) is 1.66. The van der Waals surface area contributed by atoms with Crippen molar-refractivity contribution in [1.29, 1.82) is 10.5 Å². The number of nitro groups is 1. The maximum absolute atomic E-state index is 11.0. The Labute approximate surface area is 98.0 Å². The highest BCUT2D eigenvalue weighted by Gasteiger charge is 2.31. The van der Waals surface area contributed by atoms with E-state index in [9.17, 15) is 10.1 Å². The first-order chi connectivity index (χ1) is 8.06. The molecule has 0 aliphatic rings. The first-order valence-electron chi connectivity index (χ1n) is 5.06. The average molecular weight is 233 g/mol. The van der Waals surface area contributed by atoms with E-state index in [-0.39, 0.29) is 11.4 Å². The van der Waals surface area contributed by atoms with Gasteiger partial charge in [0.15, 0.2) is 5.92 Å². The zero-order chi connectivity index (χ0) is 13.0. The van der Waals surface area contributed by atoms with Gasteiger partial charge in [0.05, 0.1) is 17.1 Å². The van der Waals surface area contributed by atoms with Crippen molar-refractivity contribution in [1.82, 2.24) is 9.78 Å². The third-order valence-corrected chi connectivity index (χ3v) is 2.34. The van der Waals surface area contributed by atoms with Gasteiger partial charge >= 0.3 is 5.69 Å². The summed E-state index contributed by atoms with van der Waals surface area (Å²) in [6.07, 6.45) is 1.16. The van der Waals surface area contributed by atoms with Gasteiger partial charge in [0.25, 0.3) is 0 Å². The minimum atomic E-state index is -1.17. The van der Waals surface area contributed by atoms with Gasteiger partial charge in [-0.3, -0.25) is 14.8 Å². The average Bonchev–Trinajstić information content (AvgIpc) is 2.58. The maximum atomic E-state index is 11.0. The van der Waals surface area contributed by atoms with Crippen LogP contribution in [0.2, 0.25) is 0 Å². The molecule has 0 N–H and O–H groups in total. The molecule has 0 aromatic carbocycles. The van der Waals surface area contributed by atoms with E-state index in [1.807, 2.05) is 6.92 Å². The molecule has 0 unspecified atom stereocenters. The Balaban J connectivity index is 3.44. The lowest BCUT2D eigenvalue weighted by molar-refractivity contribution is -0.386. The molecule has 1 aromatic heterocycles. The molecule has 17 heavy (non-hydrogen) atoms. The van der Waals surface area contributed by atoms with Crippen LogP contribution < -0.4 is 0 Å². The number of nitriles is 2. The Morgan fingerprint density at radius 3 is 2.53 bits per heavy atom. The topological polar surface area (TPSA) is 109 Å². The lowest BCUT2D eigenvalue weighted by Gasteiger charge is -1.99. The van der Waals surface area contributed by atoms with Gasteiger partial charge in [-0.25, -0.2) is 0 Å². The molecule has 0 saturated heterocycles. The quantitative estimate of drug-likeness (QED) is 0.576. The molecular weight excluding hydrogens is 222 g/mol. The van der Waals surface area contributed by atoms with Gasteiger partial charge in [0.2, 0.25) is 0 Å². The van der Waals surface area contributed by atoms with Gasteiger partial charge in [-0.05, 0) is 6.42 Å². The SMILES string of the molecule is CCCc1nn(C)c(C(C#N)C#N)c1[N+](=O)[O-]. The summed E-state index contributed by atoms with van der Waals surface area (Å²) in [4.78, 5) is 10.4. The third-order valence-electron chi connectivity index (χ3n) is 2.34. The van der Waals surface area contributed by atoms with Crippen LogP contribution in [0.3, 0.4) is 0 Å². The Bertz CT molecular complexity index is 506. The van der Waals surface area contributed by atoms with E-state index in [0.717, 1.165) is 0 Å². The van der Waals surface area contributed by atoms with Crippen molar-refractivity contribution in [2.45, 2.75) is 25.7 Å². The largest absolute Gasteiger partial charge is 0.315 e. The van der Waals surface area contributed by atoms with E-state index < -0.39 is 10.8 Å². The Morgan fingerprint density at radius 2 is 2.12 bits per heavy atom. The molecule has 0 saturated carbocycles. The molecule has 1 rings (SSSR count). The molecule has 0 bridgehead atoms. The summed E-state index contributed by atoms with van der Waals surface area (Å²) < 4.78 is 1.25. The molecule has 7 nitrogen and oxygen atoms in total. The molecular formula is C10H11N5O2. The monoisotopic (exact) mass is 233 g/mol. The predicted octanol–water partition coefficient (Wildman–Crippen LogP) is 1.41. The molecule has 0 spiro atoms.